The summed E-state index contributed by atoms with van der Waals surface area (Å²) in [6.07, 6.45) is 1.47. The lowest BCUT2D eigenvalue weighted by atomic mass is 10.1. The molecule has 144 valence electrons. The Kier molecular flexibility index (Phi) is 8.18. The smallest absolute Gasteiger partial charge is 0.328 e. The molecule has 0 saturated heterocycles. The zero-order valence-electron chi connectivity index (χ0n) is 14.1. The van der Waals surface area contributed by atoms with Gasteiger partial charge in [0, 0.05) is 18.3 Å². The summed E-state index contributed by atoms with van der Waals surface area (Å²) >= 11 is 0. The van der Waals surface area contributed by atoms with E-state index in [0.29, 0.717) is 5.69 Å². The van der Waals surface area contributed by atoms with Crippen LogP contribution in [0.1, 0.15) is 12.6 Å². The standard InChI is InChI=1S/C14H22N6O6/c1-7(21)12(14(25)26)20-13(24)9(2-8-4-16-6-18-8)19-11(23)5-17-10(22)3-15/h4,6-7,9,12,21H,2-3,5,15H2,1H3,(H,16,18)(H,17,22)(H,19,23)(H,20,24)(H,25,26). The molecule has 0 spiro atoms. The Hall–Kier alpha value is -2.99. The third-order valence-electron chi connectivity index (χ3n) is 3.31. The Labute approximate surface area is 148 Å². The molecule has 3 atom stereocenters. The van der Waals surface area contributed by atoms with Crippen molar-refractivity contribution in [1.82, 2.24) is 25.9 Å². The number of H-pyrrole nitrogens is 1. The van der Waals surface area contributed by atoms with Crippen LogP contribution in [-0.4, -0.2) is 75.1 Å². The van der Waals surface area contributed by atoms with E-state index >= 15 is 0 Å². The number of nitrogens with zero attached hydrogens (tertiary/aromatic N) is 1. The van der Waals surface area contributed by atoms with E-state index in [1.165, 1.54) is 19.4 Å². The quantitative estimate of drug-likeness (QED) is 0.219. The van der Waals surface area contributed by atoms with Gasteiger partial charge in [0.1, 0.15) is 6.04 Å². The molecule has 0 aromatic carbocycles. The van der Waals surface area contributed by atoms with E-state index in [1.54, 1.807) is 0 Å². The first kappa shape index (κ1) is 21.1. The van der Waals surface area contributed by atoms with Crippen LogP contribution in [0.5, 0.6) is 0 Å². The molecule has 0 bridgehead atoms. The van der Waals surface area contributed by atoms with Gasteiger partial charge < -0.3 is 36.9 Å². The van der Waals surface area contributed by atoms with Crippen molar-refractivity contribution in [2.24, 2.45) is 5.73 Å². The molecule has 1 aromatic heterocycles. The van der Waals surface area contributed by atoms with Gasteiger partial charge in [-0.15, -0.1) is 0 Å². The molecule has 1 rings (SSSR count). The fourth-order valence-corrected chi connectivity index (χ4v) is 1.96. The van der Waals surface area contributed by atoms with E-state index in [0.717, 1.165) is 0 Å². The van der Waals surface area contributed by atoms with Gasteiger partial charge >= 0.3 is 5.97 Å². The predicted octanol–water partition coefficient (Wildman–Crippen LogP) is -3.54. The third kappa shape index (κ3) is 6.86. The molecular formula is C14H22N6O6. The fraction of sp³-hybridized carbons (Fsp3) is 0.500. The fourth-order valence-electron chi connectivity index (χ4n) is 1.96. The second-order valence-corrected chi connectivity index (χ2v) is 5.45. The number of nitrogens with one attached hydrogen (secondary N) is 4. The topological polar surface area (TPSA) is 200 Å². The van der Waals surface area contributed by atoms with E-state index in [1.807, 2.05) is 0 Å². The van der Waals surface area contributed by atoms with E-state index in [9.17, 15) is 24.3 Å². The third-order valence-corrected chi connectivity index (χ3v) is 3.31. The Morgan fingerprint density at radius 1 is 1.27 bits per heavy atom. The summed E-state index contributed by atoms with van der Waals surface area (Å²) < 4.78 is 0. The molecule has 1 heterocycles. The zero-order valence-corrected chi connectivity index (χ0v) is 14.1. The molecule has 0 radical (unpaired) electrons. The minimum atomic E-state index is -1.54. The number of aromatic nitrogens is 2. The van der Waals surface area contributed by atoms with Crippen LogP contribution in [0.3, 0.4) is 0 Å². The van der Waals surface area contributed by atoms with Gasteiger partial charge in [-0.05, 0) is 6.92 Å². The second kappa shape index (κ2) is 10.1. The molecule has 1 aromatic rings. The molecule has 0 saturated carbocycles. The molecule has 12 heteroatoms. The minimum absolute atomic E-state index is 0.00540. The van der Waals surface area contributed by atoms with Crippen LogP contribution in [0.15, 0.2) is 12.5 Å². The van der Waals surface area contributed by atoms with Crippen LogP contribution < -0.4 is 21.7 Å². The van der Waals surface area contributed by atoms with Gasteiger partial charge in [-0.25, -0.2) is 9.78 Å². The molecule has 0 aliphatic heterocycles. The summed E-state index contributed by atoms with van der Waals surface area (Å²) in [5, 5.41) is 25.3. The van der Waals surface area contributed by atoms with E-state index in [-0.39, 0.29) is 13.0 Å². The van der Waals surface area contributed by atoms with Crippen molar-refractivity contribution in [3.8, 4) is 0 Å². The highest BCUT2D eigenvalue weighted by Crippen LogP contribution is 2.01. The first-order valence-corrected chi connectivity index (χ1v) is 7.69. The highest BCUT2D eigenvalue weighted by atomic mass is 16.4. The van der Waals surface area contributed by atoms with Crippen LogP contribution >= 0.6 is 0 Å². The maximum atomic E-state index is 12.4. The number of aliphatic hydroxyl groups is 1. The number of nitrogens with two attached hydrogens (primary N) is 1. The molecule has 0 aliphatic carbocycles. The number of hydrogen-bond donors (Lipinski definition) is 7. The summed E-state index contributed by atoms with van der Waals surface area (Å²) in [7, 11) is 0. The molecule has 26 heavy (non-hydrogen) atoms. The predicted molar refractivity (Wildman–Crippen MR) is 87.5 cm³/mol. The first-order chi connectivity index (χ1) is 12.2. The van der Waals surface area contributed by atoms with Crippen molar-refractivity contribution in [2.75, 3.05) is 13.1 Å². The summed E-state index contributed by atoms with van der Waals surface area (Å²) in [5.74, 6) is -3.45. The van der Waals surface area contributed by atoms with Crippen LogP contribution in [0.2, 0.25) is 0 Å². The van der Waals surface area contributed by atoms with Gasteiger partial charge in [0.25, 0.3) is 0 Å². The number of carbonyl (C=O) groups is 4. The Morgan fingerprint density at radius 3 is 2.46 bits per heavy atom. The number of imidazole rings is 1. The summed E-state index contributed by atoms with van der Waals surface area (Å²) in [4.78, 5) is 53.1. The Morgan fingerprint density at radius 2 is 1.96 bits per heavy atom. The maximum absolute atomic E-state index is 12.4. The number of carboxylic acids is 1. The summed E-state index contributed by atoms with van der Waals surface area (Å²) in [6.45, 7) is 0.519. The van der Waals surface area contributed by atoms with Crippen LogP contribution in [0.25, 0.3) is 0 Å². The van der Waals surface area contributed by atoms with E-state index < -0.39 is 48.4 Å². The normalized spacial score (nSPS) is 14.0. The first-order valence-electron chi connectivity index (χ1n) is 7.69. The van der Waals surface area contributed by atoms with Gasteiger partial charge in [-0.2, -0.15) is 0 Å². The maximum Gasteiger partial charge on any atom is 0.328 e. The van der Waals surface area contributed by atoms with Gasteiger partial charge in [-0.1, -0.05) is 0 Å². The van der Waals surface area contributed by atoms with Crippen molar-refractivity contribution in [3.63, 3.8) is 0 Å². The van der Waals surface area contributed by atoms with Crippen LogP contribution in [-0.2, 0) is 25.6 Å². The van der Waals surface area contributed by atoms with Gasteiger partial charge in [0.2, 0.25) is 17.7 Å². The van der Waals surface area contributed by atoms with Crippen molar-refractivity contribution in [1.29, 1.82) is 0 Å². The van der Waals surface area contributed by atoms with Crippen molar-refractivity contribution in [3.05, 3.63) is 18.2 Å². The average molecular weight is 370 g/mol. The van der Waals surface area contributed by atoms with Crippen LogP contribution in [0.4, 0.5) is 0 Å². The van der Waals surface area contributed by atoms with Crippen molar-refractivity contribution in [2.45, 2.75) is 31.5 Å². The molecular weight excluding hydrogens is 348 g/mol. The number of carbonyl (C=O) groups excluding carboxylic acids is 3. The highest BCUT2D eigenvalue weighted by Gasteiger charge is 2.29. The summed E-state index contributed by atoms with van der Waals surface area (Å²) in [6, 6.07) is -2.70. The monoisotopic (exact) mass is 370 g/mol. The summed E-state index contributed by atoms with van der Waals surface area (Å²) in [5.41, 5.74) is 5.63. The lowest BCUT2D eigenvalue weighted by Crippen LogP contribution is -2.56. The van der Waals surface area contributed by atoms with Crippen LogP contribution in [0, 0.1) is 0 Å². The minimum Gasteiger partial charge on any atom is -0.480 e. The molecule has 0 aliphatic rings. The van der Waals surface area contributed by atoms with Gasteiger partial charge in [0.05, 0.1) is 25.5 Å². The number of aromatic amines is 1. The zero-order chi connectivity index (χ0) is 19.7. The lowest BCUT2D eigenvalue weighted by molar-refractivity contribution is -0.145. The molecule has 3 amide bonds. The second-order valence-electron chi connectivity index (χ2n) is 5.45. The number of carboxylic acid groups (broad SMARTS) is 1. The molecule has 3 unspecified atom stereocenters. The van der Waals surface area contributed by atoms with Gasteiger partial charge in [0.15, 0.2) is 6.04 Å². The van der Waals surface area contributed by atoms with Gasteiger partial charge in [-0.3, -0.25) is 14.4 Å². The molecule has 0 fully saturated rings. The number of hydrogen-bond acceptors (Lipinski definition) is 7. The lowest BCUT2D eigenvalue weighted by Gasteiger charge is -2.22. The van der Waals surface area contributed by atoms with Crippen molar-refractivity contribution < 1.29 is 29.4 Å². The number of amides is 3. The van der Waals surface area contributed by atoms with E-state index in [2.05, 4.69) is 25.9 Å². The molecule has 8 N–H and O–H groups in total. The number of rotatable bonds is 10. The Balaban J connectivity index is 2.80. The molecule has 12 nitrogen and oxygen atoms in total. The largest absolute Gasteiger partial charge is 0.480 e. The highest BCUT2D eigenvalue weighted by molar-refractivity contribution is 5.92. The number of aliphatic carboxylic acids is 1. The van der Waals surface area contributed by atoms with E-state index in [4.69, 9.17) is 10.8 Å². The SMILES string of the molecule is CC(O)C(NC(=O)C(Cc1cnc[nH]1)NC(=O)CNC(=O)CN)C(=O)O. The van der Waals surface area contributed by atoms with Crippen molar-refractivity contribution >= 4 is 23.7 Å². The Bertz CT molecular complexity index is 632. The number of aliphatic hydroxyl groups excluding tert-OH is 1. The average Bonchev–Trinajstić information content (AvgIpc) is 3.09.